The molecular weight excluding hydrogens is 400 g/mol. The topological polar surface area (TPSA) is 37.2 Å². The van der Waals surface area contributed by atoms with Gasteiger partial charge in [-0.1, -0.05) is 68.4 Å². The first kappa shape index (κ1) is 20.2. The summed E-state index contributed by atoms with van der Waals surface area (Å²) in [6.45, 7) is 4.31. The average Bonchev–Trinajstić information content (AvgIpc) is 3.08. The monoisotopic (exact) mass is 421 g/mol. The predicted octanol–water partition coefficient (Wildman–Crippen LogP) is 5.96. The average molecular weight is 423 g/mol. The number of nitrogens with zero attached hydrogens (tertiary/aromatic N) is 1. The quantitative estimate of drug-likeness (QED) is 0.245. The van der Waals surface area contributed by atoms with Crippen molar-refractivity contribution in [2.24, 2.45) is 0 Å². The molecule has 0 spiro atoms. The van der Waals surface area contributed by atoms with Gasteiger partial charge in [-0.2, -0.15) is 0 Å². The maximum Gasteiger partial charge on any atom is 0.279 e. The van der Waals surface area contributed by atoms with Crippen LogP contribution in [0.4, 0.5) is 0 Å². The van der Waals surface area contributed by atoms with Crippen molar-refractivity contribution in [3.05, 3.63) is 78.8 Å². The Labute approximate surface area is 178 Å². The molecule has 0 saturated carbocycles. The van der Waals surface area contributed by atoms with Crippen LogP contribution in [0.15, 0.2) is 77.2 Å². The molecule has 4 rings (SSSR count). The minimum absolute atomic E-state index is 0. The first-order valence-corrected chi connectivity index (χ1v) is 9.40. The zero-order valence-corrected chi connectivity index (χ0v) is 19.3. The fourth-order valence-corrected chi connectivity index (χ4v) is 3.56. The summed E-state index contributed by atoms with van der Waals surface area (Å²) in [5, 5.41) is 10.4. The number of hydrogen-bond donors (Lipinski definition) is 1. The second kappa shape index (κ2) is 8.62. The Hall–Kier alpha value is -2.58. The van der Waals surface area contributed by atoms with E-state index in [2.05, 4.69) is 42.7 Å². The summed E-state index contributed by atoms with van der Waals surface area (Å²) in [5.41, 5.74) is 4.86. The number of rotatable bonds is 5. The van der Waals surface area contributed by atoms with Gasteiger partial charge in [0.1, 0.15) is 16.8 Å². The SMILES string of the molecule is CC[C-](CC)[n+]1c(-c2ccccc2O)oc2ccc(-c3ccccc3)cc21.[Zn]. The molecule has 1 N–H and O–H groups in total. The van der Waals surface area contributed by atoms with Gasteiger partial charge < -0.3 is 9.52 Å². The fourth-order valence-electron chi connectivity index (χ4n) is 3.56. The Morgan fingerprint density at radius 1 is 0.857 bits per heavy atom. The van der Waals surface area contributed by atoms with Gasteiger partial charge in [0.2, 0.25) is 0 Å². The number of fused-ring (bicyclic) bond motifs is 1. The third-order valence-corrected chi connectivity index (χ3v) is 4.98. The first-order valence-electron chi connectivity index (χ1n) is 9.40. The van der Waals surface area contributed by atoms with Crippen molar-refractivity contribution in [2.45, 2.75) is 26.7 Å². The van der Waals surface area contributed by atoms with Gasteiger partial charge in [0.25, 0.3) is 5.89 Å². The number of benzene rings is 3. The molecule has 0 amide bonds. The van der Waals surface area contributed by atoms with Gasteiger partial charge in [-0.3, -0.25) is 4.57 Å². The van der Waals surface area contributed by atoms with E-state index >= 15 is 0 Å². The zero-order chi connectivity index (χ0) is 18.8. The second-order valence-electron chi connectivity index (χ2n) is 6.58. The van der Waals surface area contributed by atoms with Gasteiger partial charge in [-0.15, -0.1) is 0 Å². The van der Waals surface area contributed by atoms with Gasteiger partial charge in [0.05, 0.1) is 11.6 Å². The summed E-state index contributed by atoms with van der Waals surface area (Å²) in [6, 6.07) is 25.2. The van der Waals surface area contributed by atoms with Gasteiger partial charge in [0, 0.05) is 19.5 Å². The van der Waals surface area contributed by atoms with Crippen molar-refractivity contribution in [3.63, 3.8) is 0 Å². The van der Waals surface area contributed by atoms with Crippen LogP contribution in [0.25, 0.3) is 33.7 Å². The van der Waals surface area contributed by atoms with Crippen molar-refractivity contribution in [1.29, 1.82) is 0 Å². The predicted molar refractivity (Wildman–Crippen MR) is 108 cm³/mol. The summed E-state index contributed by atoms with van der Waals surface area (Å²) in [6.07, 6.45) is 1.82. The van der Waals surface area contributed by atoms with Crippen LogP contribution < -0.4 is 4.57 Å². The van der Waals surface area contributed by atoms with Gasteiger partial charge in [0.15, 0.2) is 0 Å². The molecule has 28 heavy (non-hydrogen) atoms. The number of oxazole rings is 1. The summed E-state index contributed by atoms with van der Waals surface area (Å²) in [4.78, 5) is 0. The largest absolute Gasteiger partial charge is 0.508 e. The molecule has 0 aliphatic rings. The minimum Gasteiger partial charge on any atom is -0.508 e. The number of aromatic nitrogens is 1. The molecule has 0 atom stereocenters. The molecular formula is C24H23NO2Zn. The summed E-state index contributed by atoms with van der Waals surface area (Å²) < 4.78 is 8.39. The van der Waals surface area contributed by atoms with Gasteiger partial charge in [-0.25, -0.2) is 0 Å². The molecule has 0 radical (unpaired) electrons. The molecule has 0 bridgehead atoms. The van der Waals surface area contributed by atoms with Crippen molar-refractivity contribution >= 4 is 11.1 Å². The van der Waals surface area contributed by atoms with Crippen LogP contribution in [0.2, 0.25) is 0 Å². The van der Waals surface area contributed by atoms with E-state index in [0.29, 0.717) is 11.5 Å². The van der Waals surface area contributed by atoms with Crippen LogP contribution in [0, 0.1) is 6.04 Å². The molecule has 0 unspecified atom stereocenters. The van der Waals surface area contributed by atoms with Crippen LogP contribution in [0.3, 0.4) is 0 Å². The van der Waals surface area contributed by atoms with E-state index in [1.54, 1.807) is 6.07 Å². The van der Waals surface area contributed by atoms with Gasteiger partial charge in [-0.05, 0) is 42.2 Å². The third-order valence-electron chi connectivity index (χ3n) is 4.98. The Morgan fingerprint density at radius 2 is 1.54 bits per heavy atom. The molecule has 4 heteroatoms. The normalized spacial score (nSPS) is 10.6. The van der Waals surface area contributed by atoms with E-state index in [1.807, 2.05) is 42.5 Å². The fraction of sp³-hybridized carbons (Fsp3) is 0.167. The van der Waals surface area contributed by atoms with Crippen LogP contribution in [-0.4, -0.2) is 5.11 Å². The Morgan fingerprint density at radius 3 is 2.21 bits per heavy atom. The van der Waals surface area contributed by atoms with E-state index < -0.39 is 0 Å². The Kier molecular flexibility index (Phi) is 6.21. The molecule has 1 heterocycles. The van der Waals surface area contributed by atoms with Gasteiger partial charge >= 0.3 is 0 Å². The number of aromatic hydroxyl groups is 1. The molecule has 138 valence electrons. The standard InChI is InChI=1S/C24H23NO2.Zn/c1-3-19(4-2)25-21-16-18(17-10-6-5-7-11-17)14-15-23(21)27-24(25)20-12-8-9-13-22(20)26;/h5-16,26H,3-4H2,1-2H3;. The van der Waals surface area contributed by atoms with E-state index in [9.17, 15) is 5.11 Å². The third kappa shape index (κ3) is 3.57. The molecule has 3 nitrogen and oxygen atoms in total. The maximum atomic E-state index is 10.4. The summed E-state index contributed by atoms with van der Waals surface area (Å²) >= 11 is 0. The molecule has 0 saturated heterocycles. The minimum atomic E-state index is 0. The van der Waals surface area contributed by atoms with E-state index in [1.165, 1.54) is 11.6 Å². The van der Waals surface area contributed by atoms with Crippen LogP contribution >= 0.6 is 0 Å². The summed E-state index contributed by atoms with van der Waals surface area (Å²) in [7, 11) is 0. The number of para-hydroxylation sites is 1. The van der Waals surface area contributed by atoms with Crippen molar-refractivity contribution in [2.75, 3.05) is 0 Å². The van der Waals surface area contributed by atoms with E-state index in [4.69, 9.17) is 4.42 Å². The number of phenolic OH excluding ortho intramolecular Hbond substituents is 1. The van der Waals surface area contributed by atoms with Crippen LogP contribution in [0.5, 0.6) is 5.75 Å². The first-order chi connectivity index (χ1) is 13.2. The second-order valence-corrected chi connectivity index (χ2v) is 6.58. The molecule has 3 aromatic carbocycles. The molecule has 0 aliphatic carbocycles. The molecule has 0 aliphatic heterocycles. The Balaban J connectivity index is 0.00000225. The Bertz CT molecular complexity index is 1070. The smallest absolute Gasteiger partial charge is 0.279 e. The molecule has 0 fully saturated rings. The summed E-state index contributed by atoms with van der Waals surface area (Å²) in [5.74, 6) is 0.896. The van der Waals surface area contributed by atoms with Crippen molar-refractivity contribution < 1.29 is 33.6 Å². The molecule has 4 aromatic rings. The maximum absolute atomic E-state index is 10.4. The zero-order valence-electron chi connectivity index (χ0n) is 16.4. The molecule has 1 aromatic heterocycles. The number of phenols is 1. The van der Waals surface area contributed by atoms with E-state index in [-0.39, 0.29) is 25.2 Å². The number of hydrogen-bond acceptors (Lipinski definition) is 2. The van der Waals surface area contributed by atoms with Crippen LogP contribution in [-0.2, 0) is 19.5 Å². The van der Waals surface area contributed by atoms with Crippen molar-refractivity contribution in [1.82, 2.24) is 0 Å². The van der Waals surface area contributed by atoms with E-state index in [0.717, 1.165) is 29.5 Å². The van der Waals surface area contributed by atoms with Crippen LogP contribution in [0.1, 0.15) is 26.7 Å². The van der Waals surface area contributed by atoms with Crippen molar-refractivity contribution in [3.8, 4) is 28.3 Å².